The second kappa shape index (κ2) is 5.33. The highest BCUT2D eigenvalue weighted by Crippen LogP contribution is 2.11. The van der Waals surface area contributed by atoms with E-state index in [0.717, 1.165) is 11.0 Å². The van der Waals surface area contributed by atoms with Crippen LogP contribution in [0.3, 0.4) is 0 Å². The highest BCUT2D eigenvalue weighted by molar-refractivity contribution is 7.71. The number of nitrogens with one attached hydrogen (secondary N) is 1. The largest absolute Gasteiger partial charge is 0.374 e. The van der Waals surface area contributed by atoms with Gasteiger partial charge in [0.15, 0.2) is 4.77 Å². The van der Waals surface area contributed by atoms with Crippen LogP contribution < -0.4 is 0 Å². The lowest BCUT2D eigenvalue weighted by atomic mass is 10.4. The van der Waals surface area contributed by atoms with Gasteiger partial charge in [0, 0.05) is 12.7 Å². The molecule has 0 aliphatic rings. The molecule has 0 saturated heterocycles. The molecule has 0 aromatic carbocycles. The summed E-state index contributed by atoms with van der Waals surface area (Å²) in [5.41, 5.74) is 1.72. The number of imidazole rings is 1. The number of aromatic amines is 1. The minimum Gasteiger partial charge on any atom is -0.374 e. The number of ether oxygens (including phenoxy) is 1. The molecule has 92 valence electrons. The van der Waals surface area contributed by atoms with Crippen molar-refractivity contribution in [1.29, 1.82) is 0 Å². The number of hydrogen-bond acceptors (Lipinski definition) is 3. The van der Waals surface area contributed by atoms with Crippen LogP contribution in [0.5, 0.6) is 0 Å². The van der Waals surface area contributed by atoms with Crippen LogP contribution in [-0.4, -0.2) is 34.2 Å². The van der Waals surface area contributed by atoms with Crippen LogP contribution in [0.15, 0.2) is 18.5 Å². The van der Waals surface area contributed by atoms with Gasteiger partial charge in [-0.2, -0.15) is 0 Å². The predicted molar refractivity (Wildman–Crippen MR) is 61.7 cm³/mol. The van der Waals surface area contributed by atoms with E-state index in [2.05, 4.69) is 9.97 Å². The normalized spacial score (nSPS) is 11.5. The molecule has 1 N–H and O–H groups in total. The Kier molecular flexibility index (Phi) is 3.80. The molecule has 0 amide bonds. The number of rotatable bonds is 5. The van der Waals surface area contributed by atoms with Crippen LogP contribution in [0, 0.1) is 4.77 Å². The summed E-state index contributed by atoms with van der Waals surface area (Å²) >= 11 is 5.13. The summed E-state index contributed by atoms with van der Waals surface area (Å²) in [5.74, 6) is 0. The summed E-state index contributed by atoms with van der Waals surface area (Å²) in [4.78, 5) is 6.95. The second-order valence-electron chi connectivity index (χ2n) is 3.44. The van der Waals surface area contributed by atoms with Gasteiger partial charge < -0.3 is 14.3 Å². The molecule has 0 aliphatic carbocycles. The van der Waals surface area contributed by atoms with Crippen LogP contribution >= 0.6 is 12.2 Å². The summed E-state index contributed by atoms with van der Waals surface area (Å²) in [6.07, 6.45) is 0.887. The monoisotopic (exact) mass is 259 g/mol. The van der Waals surface area contributed by atoms with Gasteiger partial charge in [-0.3, -0.25) is 4.98 Å². The maximum atomic E-state index is 11.9. The van der Waals surface area contributed by atoms with E-state index >= 15 is 0 Å². The molecular weight excluding hydrogens is 248 g/mol. The molecule has 0 unspecified atom stereocenters. The molecule has 0 radical (unpaired) electrons. The first-order valence-corrected chi connectivity index (χ1v) is 5.47. The summed E-state index contributed by atoms with van der Waals surface area (Å²) in [5, 5.41) is 0. The maximum absolute atomic E-state index is 11.9. The number of hydrogen-bond donors (Lipinski definition) is 1. The van der Waals surface area contributed by atoms with Crippen LogP contribution in [0.4, 0.5) is 8.78 Å². The quantitative estimate of drug-likeness (QED) is 0.662. The molecule has 2 aromatic heterocycles. The van der Waals surface area contributed by atoms with Crippen LogP contribution in [0.1, 0.15) is 0 Å². The SMILES string of the molecule is FC(F)COCCn1c(=S)[nH]c2cnccc21. The van der Waals surface area contributed by atoms with E-state index in [9.17, 15) is 8.78 Å². The van der Waals surface area contributed by atoms with Gasteiger partial charge in [-0.25, -0.2) is 8.78 Å². The highest BCUT2D eigenvalue weighted by atomic mass is 32.1. The zero-order chi connectivity index (χ0) is 12.3. The van der Waals surface area contributed by atoms with E-state index in [1.54, 1.807) is 17.0 Å². The average Bonchev–Trinajstić information content (AvgIpc) is 2.60. The number of H-pyrrole nitrogens is 1. The molecule has 2 heterocycles. The molecule has 2 rings (SSSR count). The van der Waals surface area contributed by atoms with Crippen LogP contribution in [0.25, 0.3) is 11.0 Å². The standard InChI is InChI=1S/C10H11F2N3OS/c11-9(12)6-16-4-3-15-8-1-2-13-5-7(8)14-10(15)17/h1-2,5,9H,3-4,6H2,(H,14,17). The van der Waals surface area contributed by atoms with Crippen LogP contribution in [-0.2, 0) is 11.3 Å². The Hall–Kier alpha value is -1.34. The smallest absolute Gasteiger partial charge is 0.261 e. The number of alkyl halides is 2. The van der Waals surface area contributed by atoms with Crippen molar-refractivity contribution in [2.75, 3.05) is 13.2 Å². The number of nitrogens with zero attached hydrogens (tertiary/aromatic N) is 2. The van der Waals surface area contributed by atoms with Gasteiger partial charge in [-0.1, -0.05) is 0 Å². The molecule has 0 fully saturated rings. The van der Waals surface area contributed by atoms with Gasteiger partial charge in [-0.15, -0.1) is 0 Å². The number of pyridine rings is 1. The van der Waals surface area contributed by atoms with Crippen molar-refractivity contribution in [3.05, 3.63) is 23.2 Å². The highest BCUT2D eigenvalue weighted by Gasteiger charge is 2.05. The molecule has 2 aromatic rings. The van der Waals surface area contributed by atoms with E-state index in [4.69, 9.17) is 17.0 Å². The Morgan fingerprint density at radius 2 is 2.35 bits per heavy atom. The summed E-state index contributed by atoms with van der Waals surface area (Å²) in [6, 6.07) is 1.81. The summed E-state index contributed by atoms with van der Waals surface area (Å²) < 4.78 is 30.9. The molecular formula is C10H11F2N3OS. The Morgan fingerprint density at radius 1 is 1.53 bits per heavy atom. The Morgan fingerprint density at radius 3 is 3.12 bits per heavy atom. The van der Waals surface area contributed by atoms with E-state index < -0.39 is 13.0 Å². The molecule has 4 nitrogen and oxygen atoms in total. The lowest BCUT2D eigenvalue weighted by molar-refractivity contribution is 0.0149. The third-order valence-corrected chi connectivity index (χ3v) is 2.60. The lowest BCUT2D eigenvalue weighted by Crippen LogP contribution is -2.10. The van der Waals surface area contributed by atoms with E-state index in [1.807, 2.05) is 6.07 Å². The van der Waals surface area contributed by atoms with Gasteiger partial charge in [0.05, 0.1) is 23.8 Å². The van der Waals surface area contributed by atoms with Crippen molar-refractivity contribution in [2.45, 2.75) is 13.0 Å². The first-order chi connectivity index (χ1) is 8.18. The van der Waals surface area contributed by atoms with E-state index in [1.165, 1.54) is 0 Å². The average molecular weight is 259 g/mol. The molecule has 0 saturated carbocycles. The molecule has 0 aliphatic heterocycles. The number of aromatic nitrogens is 3. The third-order valence-electron chi connectivity index (χ3n) is 2.28. The topological polar surface area (TPSA) is 42.8 Å². The van der Waals surface area contributed by atoms with Gasteiger partial charge in [0.2, 0.25) is 0 Å². The fourth-order valence-electron chi connectivity index (χ4n) is 1.56. The Labute approximate surface area is 101 Å². The maximum Gasteiger partial charge on any atom is 0.261 e. The van der Waals surface area contributed by atoms with Crippen molar-refractivity contribution in [3.63, 3.8) is 0 Å². The Balaban J connectivity index is 2.08. The number of fused-ring (bicyclic) bond motifs is 1. The summed E-state index contributed by atoms with van der Waals surface area (Å²) in [7, 11) is 0. The third kappa shape index (κ3) is 2.86. The number of halogens is 2. The predicted octanol–water partition coefficient (Wildman–Crippen LogP) is 2.38. The second-order valence-corrected chi connectivity index (χ2v) is 3.83. The first kappa shape index (κ1) is 12.1. The fourth-order valence-corrected chi connectivity index (χ4v) is 1.86. The van der Waals surface area contributed by atoms with Crippen molar-refractivity contribution in [2.24, 2.45) is 0 Å². The van der Waals surface area contributed by atoms with E-state index in [0.29, 0.717) is 11.3 Å². The molecule has 7 heteroatoms. The van der Waals surface area contributed by atoms with Crippen molar-refractivity contribution < 1.29 is 13.5 Å². The minimum absolute atomic E-state index is 0.202. The zero-order valence-corrected chi connectivity index (χ0v) is 9.71. The van der Waals surface area contributed by atoms with Crippen LogP contribution in [0.2, 0.25) is 0 Å². The summed E-state index contributed by atoms with van der Waals surface area (Å²) in [6.45, 7) is 0.0979. The molecule has 0 bridgehead atoms. The Bertz CT molecular complexity index is 552. The fraction of sp³-hybridized carbons (Fsp3) is 0.400. The van der Waals surface area contributed by atoms with Gasteiger partial charge in [-0.05, 0) is 18.3 Å². The van der Waals surface area contributed by atoms with Crippen molar-refractivity contribution in [1.82, 2.24) is 14.5 Å². The zero-order valence-electron chi connectivity index (χ0n) is 8.90. The molecule has 0 spiro atoms. The minimum atomic E-state index is -2.44. The van der Waals surface area contributed by atoms with Crippen molar-refractivity contribution in [3.8, 4) is 0 Å². The van der Waals surface area contributed by atoms with E-state index in [-0.39, 0.29) is 6.61 Å². The van der Waals surface area contributed by atoms with Gasteiger partial charge in [0.25, 0.3) is 6.43 Å². The van der Waals surface area contributed by atoms with Crippen molar-refractivity contribution >= 4 is 23.3 Å². The molecule has 17 heavy (non-hydrogen) atoms. The first-order valence-electron chi connectivity index (χ1n) is 5.07. The van der Waals surface area contributed by atoms with Gasteiger partial charge >= 0.3 is 0 Å². The lowest BCUT2D eigenvalue weighted by Gasteiger charge is -2.05. The molecule has 0 atom stereocenters. The van der Waals surface area contributed by atoms with Gasteiger partial charge in [0.1, 0.15) is 6.61 Å².